The molecular formula is C18H28N4O2. The molecule has 0 spiro atoms. The first-order valence-corrected chi connectivity index (χ1v) is 8.45. The third-order valence-corrected chi connectivity index (χ3v) is 4.19. The highest BCUT2D eigenvalue weighted by molar-refractivity contribution is 5.76. The van der Waals surface area contributed by atoms with Crippen LogP contribution in [0.5, 0.6) is 0 Å². The minimum atomic E-state index is -0.884. The van der Waals surface area contributed by atoms with Crippen LogP contribution in [0.3, 0.4) is 0 Å². The second-order valence-corrected chi connectivity index (χ2v) is 7.04. The van der Waals surface area contributed by atoms with Crippen molar-refractivity contribution in [1.82, 2.24) is 19.5 Å². The number of aryl methyl sites for hydroxylation is 3. The summed E-state index contributed by atoms with van der Waals surface area (Å²) in [7, 11) is 0. The van der Waals surface area contributed by atoms with Crippen LogP contribution in [0.2, 0.25) is 0 Å². The van der Waals surface area contributed by atoms with Gasteiger partial charge < -0.3 is 10.0 Å². The van der Waals surface area contributed by atoms with Gasteiger partial charge in [0.25, 0.3) is 0 Å². The molecule has 1 amide bonds. The lowest BCUT2D eigenvalue weighted by molar-refractivity contribution is -0.133. The molecule has 0 radical (unpaired) electrons. The van der Waals surface area contributed by atoms with Crippen LogP contribution in [0.1, 0.15) is 49.8 Å². The van der Waals surface area contributed by atoms with Crippen molar-refractivity contribution >= 4 is 11.6 Å². The molecule has 6 nitrogen and oxygen atoms in total. The van der Waals surface area contributed by atoms with E-state index < -0.39 is 5.60 Å². The van der Waals surface area contributed by atoms with Crippen molar-refractivity contribution in [2.24, 2.45) is 0 Å². The minimum absolute atomic E-state index is 0.0511. The quantitative estimate of drug-likeness (QED) is 0.880. The number of carbonyl (C=O) groups excluding carboxylic acids is 1. The van der Waals surface area contributed by atoms with Gasteiger partial charge in [-0.05, 0) is 53.5 Å². The number of aromatic nitrogens is 3. The van der Waals surface area contributed by atoms with Crippen LogP contribution in [0, 0.1) is 20.8 Å². The second kappa shape index (κ2) is 6.89. The van der Waals surface area contributed by atoms with Crippen molar-refractivity contribution in [2.45, 2.75) is 60.0 Å². The zero-order valence-corrected chi connectivity index (χ0v) is 15.6. The predicted octanol–water partition coefficient (Wildman–Crippen LogP) is 2.21. The lowest BCUT2D eigenvalue weighted by Crippen LogP contribution is -2.42. The van der Waals surface area contributed by atoms with Crippen LogP contribution in [0.25, 0.3) is 5.65 Å². The summed E-state index contributed by atoms with van der Waals surface area (Å²) < 4.78 is 1.84. The Morgan fingerprint density at radius 1 is 1.33 bits per heavy atom. The molecule has 6 heteroatoms. The van der Waals surface area contributed by atoms with Crippen molar-refractivity contribution in [1.29, 1.82) is 0 Å². The van der Waals surface area contributed by atoms with Crippen molar-refractivity contribution in [3.05, 3.63) is 28.7 Å². The van der Waals surface area contributed by atoms with Gasteiger partial charge in [-0.1, -0.05) is 0 Å². The highest BCUT2D eigenvalue weighted by atomic mass is 16.3. The van der Waals surface area contributed by atoms with Crippen molar-refractivity contribution in [3.63, 3.8) is 0 Å². The van der Waals surface area contributed by atoms with Gasteiger partial charge in [-0.15, -0.1) is 0 Å². The first kappa shape index (κ1) is 18.4. The summed E-state index contributed by atoms with van der Waals surface area (Å²) in [6.07, 6.45) is 1.03. The van der Waals surface area contributed by atoms with E-state index in [1.54, 1.807) is 18.7 Å². The Balaban J connectivity index is 2.16. The molecule has 0 aromatic carbocycles. The molecule has 1 N–H and O–H groups in total. The maximum atomic E-state index is 12.5. The number of nitrogens with zero attached hydrogens (tertiary/aromatic N) is 4. The summed E-state index contributed by atoms with van der Waals surface area (Å²) >= 11 is 0. The average molecular weight is 332 g/mol. The molecule has 2 heterocycles. The number of amides is 1. The van der Waals surface area contributed by atoms with Crippen molar-refractivity contribution in [3.8, 4) is 0 Å². The molecule has 0 atom stereocenters. The summed E-state index contributed by atoms with van der Waals surface area (Å²) in [6.45, 7) is 12.2. The zero-order chi connectivity index (χ0) is 18.1. The maximum absolute atomic E-state index is 12.5. The van der Waals surface area contributed by atoms with Gasteiger partial charge in [-0.3, -0.25) is 4.79 Å². The van der Waals surface area contributed by atoms with E-state index in [1.165, 1.54) is 0 Å². The van der Waals surface area contributed by atoms with E-state index in [0.717, 1.165) is 28.3 Å². The average Bonchev–Trinajstić information content (AvgIpc) is 2.83. The summed E-state index contributed by atoms with van der Waals surface area (Å²) in [5.41, 5.74) is 3.93. The number of hydrogen-bond donors (Lipinski definition) is 1. The van der Waals surface area contributed by atoms with Crippen molar-refractivity contribution < 1.29 is 9.90 Å². The van der Waals surface area contributed by atoms with Gasteiger partial charge in [0.15, 0.2) is 5.65 Å². The molecule has 2 aromatic rings. The molecule has 2 aromatic heterocycles. The summed E-state index contributed by atoms with van der Waals surface area (Å²) in [5, 5.41) is 14.4. The molecule has 0 saturated heterocycles. The van der Waals surface area contributed by atoms with Gasteiger partial charge in [-0.2, -0.15) is 5.10 Å². The number of carbonyl (C=O) groups is 1. The zero-order valence-electron chi connectivity index (χ0n) is 15.6. The smallest absolute Gasteiger partial charge is 0.222 e. The lowest BCUT2D eigenvalue weighted by atomic mass is 10.0. The van der Waals surface area contributed by atoms with Gasteiger partial charge >= 0.3 is 0 Å². The van der Waals surface area contributed by atoms with Gasteiger partial charge in [0.05, 0.1) is 11.3 Å². The van der Waals surface area contributed by atoms with E-state index in [2.05, 4.69) is 10.1 Å². The van der Waals surface area contributed by atoms with Crippen molar-refractivity contribution in [2.75, 3.05) is 13.1 Å². The fraction of sp³-hybridized carbons (Fsp3) is 0.611. The maximum Gasteiger partial charge on any atom is 0.222 e. The van der Waals surface area contributed by atoms with Crippen LogP contribution in [0.15, 0.2) is 6.07 Å². The Kier molecular flexibility index (Phi) is 5.28. The SMILES string of the molecule is CCN(CC(C)(C)O)C(=O)CCc1c(C)nc2cc(C)nn2c1C. The first-order valence-electron chi connectivity index (χ1n) is 8.45. The Morgan fingerprint density at radius 3 is 2.58 bits per heavy atom. The number of aliphatic hydroxyl groups is 1. The van der Waals surface area contributed by atoms with E-state index >= 15 is 0 Å². The Morgan fingerprint density at radius 2 is 2.00 bits per heavy atom. The second-order valence-electron chi connectivity index (χ2n) is 7.04. The van der Waals surface area contributed by atoms with Crippen LogP contribution < -0.4 is 0 Å². The molecule has 0 fully saturated rings. The summed E-state index contributed by atoms with van der Waals surface area (Å²) in [4.78, 5) is 18.8. The van der Waals surface area contributed by atoms with Crippen LogP contribution >= 0.6 is 0 Å². The summed E-state index contributed by atoms with van der Waals surface area (Å²) in [5.74, 6) is 0.0511. The fourth-order valence-electron chi connectivity index (χ4n) is 3.04. The molecule has 2 rings (SSSR count). The van der Waals surface area contributed by atoms with Gasteiger partial charge in [-0.25, -0.2) is 9.50 Å². The standard InChI is InChI=1S/C18H28N4O2/c1-7-21(11-18(5,6)24)17(23)9-8-15-13(3)19-16-10-12(2)20-22(16)14(15)4/h10,24H,7-9,11H2,1-6H3. The third kappa shape index (κ3) is 4.12. The highest BCUT2D eigenvalue weighted by Crippen LogP contribution is 2.18. The molecule has 0 aliphatic heterocycles. The highest BCUT2D eigenvalue weighted by Gasteiger charge is 2.21. The number of hydrogen-bond acceptors (Lipinski definition) is 4. The number of fused-ring (bicyclic) bond motifs is 1. The topological polar surface area (TPSA) is 70.7 Å². The molecular weight excluding hydrogens is 304 g/mol. The van der Waals surface area contributed by atoms with Crippen LogP contribution in [-0.4, -0.2) is 49.2 Å². The van der Waals surface area contributed by atoms with E-state index in [0.29, 0.717) is 25.9 Å². The number of likely N-dealkylation sites (N-methyl/N-ethyl adjacent to an activating group) is 1. The third-order valence-electron chi connectivity index (χ3n) is 4.19. The summed E-state index contributed by atoms with van der Waals surface area (Å²) in [6, 6.07) is 1.96. The van der Waals surface area contributed by atoms with E-state index in [9.17, 15) is 9.90 Å². The van der Waals surface area contributed by atoms with E-state index in [-0.39, 0.29) is 5.91 Å². The number of rotatable bonds is 6. The largest absolute Gasteiger partial charge is 0.389 e. The molecule has 0 bridgehead atoms. The first-order chi connectivity index (χ1) is 11.1. The predicted molar refractivity (Wildman–Crippen MR) is 94.1 cm³/mol. The van der Waals surface area contributed by atoms with Crippen LogP contribution in [-0.2, 0) is 11.2 Å². The Bertz CT molecular complexity index is 744. The van der Waals surface area contributed by atoms with Crippen LogP contribution in [0.4, 0.5) is 0 Å². The molecule has 0 aliphatic carbocycles. The Labute approximate surface area is 143 Å². The van der Waals surface area contributed by atoms with E-state index in [4.69, 9.17) is 0 Å². The molecule has 0 unspecified atom stereocenters. The van der Waals surface area contributed by atoms with Gasteiger partial charge in [0.2, 0.25) is 5.91 Å². The molecule has 24 heavy (non-hydrogen) atoms. The minimum Gasteiger partial charge on any atom is -0.389 e. The fourth-order valence-corrected chi connectivity index (χ4v) is 3.04. The molecule has 0 saturated carbocycles. The van der Waals surface area contributed by atoms with E-state index in [1.807, 2.05) is 38.3 Å². The normalized spacial score (nSPS) is 12.0. The van der Waals surface area contributed by atoms with Gasteiger partial charge in [0, 0.05) is 37.0 Å². The Hall–Kier alpha value is -1.95. The lowest BCUT2D eigenvalue weighted by Gasteiger charge is -2.28. The van der Waals surface area contributed by atoms with Gasteiger partial charge in [0.1, 0.15) is 0 Å². The monoisotopic (exact) mass is 332 g/mol. The molecule has 132 valence electrons. The molecule has 0 aliphatic rings.